The first-order valence-electron chi connectivity index (χ1n) is 6.36. The Labute approximate surface area is 122 Å². The third kappa shape index (κ3) is 2.18. The first-order chi connectivity index (χ1) is 9.97. The van der Waals surface area contributed by atoms with Gasteiger partial charge in [0.2, 0.25) is 5.91 Å². The van der Waals surface area contributed by atoms with Gasteiger partial charge in [0.05, 0.1) is 7.11 Å². The fourth-order valence-electron chi connectivity index (χ4n) is 2.41. The van der Waals surface area contributed by atoms with Gasteiger partial charge in [0.25, 0.3) is 5.91 Å². The van der Waals surface area contributed by atoms with Crippen molar-refractivity contribution in [3.8, 4) is 5.75 Å². The summed E-state index contributed by atoms with van der Waals surface area (Å²) in [5.41, 5.74) is -0.985. The molecule has 1 aromatic rings. The summed E-state index contributed by atoms with van der Waals surface area (Å²) in [5.74, 6) is -0.595. The van der Waals surface area contributed by atoms with Crippen molar-refractivity contribution < 1.29 is 19.1 Å². The summed E-state index contributed by atoms with van der Waals surface area (Å²) in [5, 5.41) is 2.21. The average molecular weight is 288 g/mol. The van der Waals surface area contributed by atoms with Gasteiger partial charge in [-0.05, 0) is 24.1 Å². The lowest BCUT2D eigenvalue weighted by atomic mass is 9.74. The van der Waals surface area contributed by atoms with Crippen molar-refractivity contribution >= 4 is 17.8 Å². The number of likely N-dealkylation sites (N-methyl/N-ethyl adjacent to an activating group) is 1. The van der Waals surface area contributed by atoms with Crippen molar-refractivity contribution in [1.29, 1.82) is 0 Å². The highest BCUT2D eigenvalue weighted by Gasteiger charge is 2.53. The van der Waals surface area contributed by atoms with Crippen LogP contribution in [0.4, 0.5) is 4.79 Å². The van der Waals surface area contributed by atoms with Gasteiger partial charge in [-0.15, -0.1) is 6.58 Å². The van der Waals surface area contributed by atoms with Crippen molar-refractivity contribution in [2.45, 2.75) is 11.8 Å². The molecule has 1 atom stereocenters. The molecular weight excluding hydrogens is 272 g/mol. The molecular formula is C15H16N2O4. The van der Waals surface area contributed by atoms with Crippen LogP contribution in [0, 0.1) is 0 Å². The Bertz CT molecular complexity index is 609. The van der Waals surface area contributed by atoms with Crippen LogP contribution in [0.1, 0.15) is 12.0 Å². The van der Waals surface area contributed by atoms with E-state index in [9.17, 15) is 14.4 Å². The molecule has 1 saturated heterocycles. The molecule has 0 aromatic heterocycles. The molecule has 0 bridgehead atoms. The van der Waals surface area contributed by atoms with Crippen LogP contribution >= 0.6 is 0 Å². The van der Waals surface area contributed by atoms with Gasteiger partial charge in [-0.2, -0.15) is 0 Å². The van der Waals surface area contributed by atoms with Gasteiger partial charge in [0.15, 0.2) is 5.41 Å². The Morgan fingerprint density at radius 3 is 2.43 bits per heavy atom. The third-order valence-electron chi connectivity index (χ3n) is 3.62. The lowest BCUT2D eigenvalue weighted by Gasteiger charge is -2.37. The number of barbiturate groups is 1. The average Bonchev–Trinajstić information content (AvgIpc) is 2.50. The largest absolute Gasteiger partial charge is 0.497 e. The maximum Gasteiger partial charge on any atom is 0.330 e. The lowest BCUT2D eigenvalue weighted by molar-refractivity contribution is -0.144. The van der Waals surface area contributed by atoms with E-state index in [1.54, 1.807) is 24.3 Å². The molecule has 1 heterocycles. The second kappa shape index (κ2) is 5.40. The van der Waals surface area contributed by atoms with E-state index >= 15 is 0 Å². The van der Waals surface area contributed by atoms with Gasteiger partial charge in [-0.3, -0.25) is 19.8 Å². The van der Waals surface area contributed by atoms with Crippen LogP contribution in [0.25, 0.3) is 0 Å². The third-order valence-corrected chi connectivity index (χ3v) is 3.62. The van der Waals surface area contributed by atoms with Crippen LogP contribution < -0.4 is 10.1 Å². The molecule has 1 fully saturated rings. The number of urea groups is 1. The number of ether oxygens (including phenoxy) is 1. The zero-order valence-corrected chi connectivity index (χ0v) is 11.9. The first kappa shape index (κ1) is 14.8. The van der Waals surface area contributed by atoms with Crippen molar-refractivity contribution in [2.24, 2.45) is 0 Å². The molecule has 0 saturated carbocycles. The maximum atomic E-state index is 12.6. The molecule has 0 radical (unpaired) electrons. The summed E-state index contributed by atoms with van der Waals surface area (Å²) in [4.78, 5) is 37.4. The molecule has 6 heteroatoms. The predicted octanol–water partition coefficient (Wildman–Crippen LogP) is 1.22. The van der Waals surface area contributed by atoms with Gasteiger partial charge in [0, 0.05) is 7.05 Å². The Kier molecular flexibility index (Phi) is 3.80. The molecule has 6 nitrogen and oxygen atoms in total. The van der Waals surface area contributed by atoms with E-state index in [0.717, 1.165) is 4.90 Å². The summed E-state index contributed by atoms with van der Waals surface area (Å²) in [6.07, 6.45) is 1.59. The van der Waals surface area contributed by atoms with Crippen molar-refractivity contribution in [2.75, 3.05) is 14.2 Å². The molecule has 1 aromatic carbocycles. The summed E-state index contributed by atoms with van der Waals surface area (Å²) >= 11 is 0. The maximum absolute atomic E-state index is 12.6. The number of carbonyl (C=O) groups is 3. The van der Waals surface area contributed by atoms with Crippen LogP contribution in [0.3, 0.4) is 0 Å². The van der Waals surface area contributed by atoms with Crippen molar-refractivity contribution in [3.63, 3.8) is 0 Å². The zero-order chi connectivity index (χ0) is 15.6. The monoisotopic (exact) mass is 288 g/mol. The topological polar surface area (TPSA) is 75.7 Å². The molecule has 1 unspecified atom stereocenters. The molecule has 1 N–H and O–H groups in total. The summed E-state index contributed by atoms with van der Waals surface area (Å²) in [6.45, 7) is 3.61. The summed E-state index contributed by atoms with van der Waals surface area (Å²) < 4.78 is 5.07. The highest BCUT2D eigenvalue weighted by Crippen LogP contribution is 2.34. The van der Waals surface area contributed by atoms with Gasteiger partial charge >= 0.3 is 6.03 Å². The van der Waals surface area contributed by atoms with E-state index in [0.29, 0.717) is 11.3 Å². The van der Waals surface area contributed by atoms with E-state index in [1.807, 2.05) is 0 Å². The first-order valence-corrected chi connectivity index (χ1v) is 6.36. The smallest absolute Gasteiger partial charge is 0.330 e. The van der Waals surface area contributed by atoms with E-state index in [-0.39, 0.29) is 6.42 Å². The van der Waals surface area contributed by atoms with Crippen LogP contribution in [0.2, 0.25) is 0 Å². The quantitative estimate of drug-likeness (QED) is 0.667. The summed E-state index contributed by atoms with van der Waals surface area (Å²) in [7, 11) is 2.87. The molecule has 1 aliphatic heterocycles. The number of rotatable bonds is 4. The van der Waals surface area contributed by atoms with Crippen molar-refractivity contribution in [1.82, 2.24) is 10.2 Å². The predicted molar refractivity (Wildman–Crippen MR) is 75.8 cm³/mol. The normalized spacial score (nSPS) is 22.0. The fraction of sp³-hybridized carbons (Fsp3) is 0.267. The summed E-state index contributed by atoms with van der Waals surface area (Å²) in [6, 6.07) is 5.89. The zero-order valence-electron chi connectivity index (χ0n) is 11.9. The number of methoxy groups -OCH3 is 1. The molecule has 4 amide bonds. The molecule has 2 rings (SSSR count). The minimum atomic E-state index is -1.48. The Morgan fingerprint density at radius 1 is 1.29 bits per heavy atom. The fourth-order valence-corrected chi connectivity index (χ4v) is 2.41. The Morgan fingerprint density at radius 2 is 1.90 bits per heavy atom. The molecule has 21 heavy (non-hydrogen) atoms. The minimum absolute atomic E-state index is 0.0988. The number of amides is 4. The van der Waals surface area contributed by atoms with E-state index in [4.69, 9.17) is 4.74 Å². The van der Waals surface area contributed by atoms with E-state index in [2.05, 4.69) is 11.9 Å². The highest BCUT2D eigenvalue weighted by atomic mass is 16.5. The Balaban J connectivity index is 2.57. The minimum Gasteiger partial charge on any atom is -0.497 e. The number of benzene rings is 1. The van der Waals surface area contributed by atoms with E-state index in [1.165, 1.54) is 20.2 Å². The van der Waals surface area contributed by atoms with E-state index < -0.39 is 23.3 Å². The molecule has 1 aliphatic rings. The number of allylic oxidation sites excluding steroid dienone is 1. The molecule has 110 valence electrons. The SMILES string of the molecule is C=CCC1(c2ccc(OC)cc2)C(=O)NC(=O)N(C)C1=O. The Hall–Kier alpha value is -2.63. The number of imide groups is 2. The molecule has 0 aliphatic carbocycles. The standard InChI is InChI=1S/C15H16N2O4/c1-4-9-15(10-5-7-11(21-3)8-6-10)12(18)16-14(20)17(2)13(15)19/h4-8H,1,9H2,2-3H3,(H,16,18,20). The lowest BCUT2D eigenvalue weighted by Crippen LogP contribution is -2.64. The van der Waals surface area contributed by atoms with Crippen LogP contribution in [-0.2, 0) is 15.0 Å². The number of nitrogens with one attached hydrogen (secondary N) is 1. The number of hydrogen-bond donors (Lipinski definition) is 1. The molecule has 0 spiro atoms. The van der Waals surface area contributed by atoms with Crippen LogP contribution in [0.5, 0.6) is 5.75 Å². The second-order valence-corrected chi connectivity index (χ2v) is 4.75. The van der Waals surface area contributed by atoms with Gasteiger partial charge in [-0.25, -0.2) is 4.79 Å². The van der Waals surface area contributed by atoms with Gasteiger partial charge in [-0.1, -0.05) is 18.2 Å². The van der Waals surface area contributed by atoms with Crippen LogP contribution in [0.15, 0.2) is 36.9 Å². The highest BCUT2D eigenvalue weighted by molar-refractivity contribution is 6.22. The van der Waals surface area contributed by atoms with Crippen LogP contribution in [-0.4, -0.2) is 36.9 Å². The number of nitrogens with zero attached hydrogens (tertiary/aromatic N) is 1. The van der Waals surface area contributed by atoms with Gasteiger partial charge < -0.3 is 4.74 Å². The van der Waals surface area contributed by atoms with Gasteiger partial charge in [0.1, 0.15) is 5.75 Å². The second-order valence-electron chi connectivity index (χ2n) is 4.75. The van der Waals surface area contributed by atoms with Crippen molar-refractivity contribution in [3.05, 3.63) is 42.5 Å². The number of carbonyl (C=O) groups excluding carboxylic acids is 3. The number of hydrogen-bond acceptors (Lipinski definition) is 4.